The van der Waals surface area contributed by atoms with Crippen molar-refractivity contribution in [2.24, 2.45) is 10.9 Å². The number of methoxy groups -OCH3 is 1. The second-order valence-corrected chi connectivity index (χ2v) is 13.3. The van der Waals surface area contributed by atoms with Crippen LogP contribution in [-0.4, -0.2) is 33.6 Å². The third kappa shape index (κ3) is 5.42. The van der Waals surface area contributed by atoms with E-state index in [0.29, 0.717) is 6.54 Å². The third-order valence-electron chi connectivity index (χ3n) is 8.07. The van der Waals surface area contributed by atoms with Crippen molar-refractivity contribution in [3.05, 3.63) is 127 Å². The third-order valence-corrected chi connectivity index (χ3v) is 10.7. The minimum Gasteiger partial charge on any atom is -0.495 e. The Morgan fingerprint density at radius 3 is 2.05 bits per heavy atom. The van der Waals surface area contributed by atoms with Crippen molar-refractivity contribution in [2.75, 3.05) is 42.9 Å². The summed E-state index contributed by atoms with van der Waals surface area (Å²) in [5, 5.41) is 3.86. The quantitative estimate of drug-likeness (QED) is 0.205. The van der Waals surface area contributed by atoms with E-state index in [4.69, 9.17) is 9.73 Å². The molecule has 2 aliphatic heterocycles. The average molecular weight is 615 g/mol. The summed E-state index contributed by atoms with van der Waals surface area (Å²) in [5.41, 5.74) is 6.73. The fourth-order valence-corrected chi connectivity index (χ4v) is 8.25. The van der Waals surface area contributed by atoms with Gasteiger partial charge >= 0.3 is 0 Å². The van der Waals surface area contributed by atoms with Crippen LogP contribution in [0.3, 0.4) is 0 Å². The summed E-state index contributed by atoms with van der Waals surface area (Å²) in [6.07, 6.45) is 0. The molecule has 1 N–H and O–H groups in total. The second-order valence-electron chi connectivity index (χ2n) is 11.0. The lowest BCUT2D eigenvalue weighted by molar-refractivity contribution is 0.416. The van der Waals surface area contributed by atoms with E-state index >= 15 is 0 Å². The van der Waals surface area contributed by atoms with Crippen LogP contribution in [0.15, 0.2) is 141 Å². The molecular formula is C37H34N4OS2. The van der Waals surface area contributed by atoms with Crippen molar-refractivity contribution in [3.63, 3.8) is 0 Å². The van der Waals surface area contributed by atoms with Gasteiger partial charge < -0.3 is 15.0 Å². The number of hydrogen-bond acceptors (Lipinski definition) is 7. The van der Waals surface area contributed by atoms with Gasteiger partial charge in [0.2, 0.25) is 0 Å². The predicted octanol–water partition coefficient (Wildman–Crippen LogP) is 9.67. The summed E-state index contributed by atoms with van der Waals surface area (Å²) < 4.78 is 5.73. The normalized spacial score (nSPS) is 17.0. The maximum absolute atomic E-state index is 5.73. The van der Waals surface area contributed by atoms with Crippen molar-refractivity contribution in [3.8, 4) is 5.75 Å². The molecule has 0 saturated carbocycles. The van der Waals surface area contributed by atoms with Gasteiger partial charge in [-0.1, -0.05) is 72.4 Å². The smallest absolute Gasteiger partial charge is 0.141 e. The van der Waals surface area contributed by atoms with E-state index in [1.165, 1.54) is 25.9 Å². The molecule has 5 aromatic carbocycles. The molecule has 0 saturated heterocycles. The lowest BCUT2D eigenvalue weighted by atomic mass is 9.94. The standard InChI is InChI=1S/C37H34N4OS2/c1-40(2)26-22-20-25(21-23-26)36-27(24-38-28-12-4-8-16-32(28)42-3)37(39-29-13-5-9-17-33(29)44-36)41-30-14-6-10-18-34(30)43-35-19-11-7-15-31(35)41/h4-23,27,36,38H,24H2,1-3H3. The molecule has 0 amide bonds. The zero-order valence-corrected chi connectivity index (χ0v) is 26.6. The van der Waals surface area contributed by atoms with Crippen molar-refractivity contribution in [2.45, 2.75) is 19.9 Å². The van der Waals surface area contributed by atoms with E-state index in [1.54, 1.807) is 7.11 Å². The molecule has 2 atom stereocenters. The fraction of sp³-hybridized carbons (Fsp3) is 0.162. The molecule has 2 heterocycles. The van der Waals surface area contributed by atoms with Crippen molar-refractivity contribution >= 4 is 57.8 Å². The number of rotatable bonds is 6. The Hall–Kier alpha value is -4.33. The van der Waals surface area contributed by atoms with Crippen LogP contribution in [0.2, 0.25) is 0 Å². The molecule has 0 fully saturated rings. The zero-order valence-electron chi connectivity index (χ0n) is 25.0. The first-order valence-corrected chi connectivity index (χ1v) is 16.4. The molecule has 0 aliphatic carbocycles. The molecule has 0 aromatic heterocycles. The van der Waals surface area contributed by atoms with Gasteiger partial charge in [-0.3, -0.25) is 4.90 Å². The Kier molecular flexibility index (Phi) is 7.98. The Morgan fingerprint density at radius 1 is 0.750 bits per heavy atom. The highest BCUT2D eigenvalue weighted by atomic mass is 32.2. The van der Waals surface area contributed by atoms with Crippen LogP contribution in [0.25, 0.3) is 0 Å². The fourth-order valence-electron chi connectivity index (χ4n) is 5.85. The van der Waals surface area contributed by atoms with E-state index in [2.05, 4.69) is 132 Å². The molecule has 2 unspecified atom stereocenters. The number of anilines is 4. The van der Waals surface area contributed by atoms with Gasteiger partial charge in [0.1, 0.15) is 11.6 Å². The molecule has 0 radical (unpaired) electrons. The van der Waals surface area contributed by atoms with Gasteiger partial charge in [-0.15, -0.1) is 11.8 Å². The predicted molar refractivity (Wildman–Crippen MR) is 187 cm³/mol. The van der Waals surface area contributed by atoms with Crippen LogP contribution in [-0.2, 0) is 0 Å². The van der Waals surface area contributed by atoms with Crippen LogP contribution in [0.4, 0.5) is 28.4 Å². The van der Waals surface area contributed by atoms with Gasteiger partial charge in [0.15, 0.2) is 0 Å². The van der Waals surface area contributed by atoms with Gasteiger partial charge in [0.25, 0.3) is 0 Å². The van der Waals surface area contributed by atoms with E-state index in [0.717, 1.165) is 34.3 Å². The summed E-state index contributed by atoms with van der Waals surface area (Å²) in [7, 11) is 5.89. The number of para-hydroxylation sites is 5. The van der Waals surface area contributed by atoms with Crippen molar-refractivity contribution < 1.29 is 4.74 Å². The van der Waals surface area contributed by atoms with Crippen LogP contribution in [0.1, 0.15) is 10.8 Å². The maximum atomic E-state index is 5.73. The second kappa shape index (κ2) is 12.3. The van der Waals surface area contributed by atoms with E-state index in [-0.39, 0.29) is 11.2 Å². The monoisotopic (exact) mass is 614 g/mol. The number of amidine groups is 1. The first kappa shape index (κ1) is 28.4. The number of benzene rings is 5. The van der Waals surface area contributed by atoms with Gasteiger partial charge in [0, 0.05) is 46.3 Å². The van der Waals surface area contributed by atoms with Gasteiger partial charge in [-0.25, -0.2) is 4.99 Å². The highest BCUT2D eigenvalue weighted by molar-refractivity contribution is 8.00. The molecule has 7 rings (SSSR count). The molecule has 5 aromatic rings. The number of aliphatic imine (C=N–C) groups is 1. The van der Waals surface area contributed by atoms with Gasteiger partial charge in [-0.05, 0) is 66.2 Å². The van der Waals surface area contributed by atoms with Crippen LogP contribution in [0.5, 0.6) is 5.75 Å². The number of fused-ring (bicyclic) bond motifs is 3. The summed E-state index contributed by atoms with van der Waals surface area (Å²) in [6, 6.07) is 43.0. The van der Waals surface area contributed by atoms with Crippen molar-refractivity contribution in [1.29, 1.82) is 0 Å². The van der Waals surface area contributed by atoms with Crippen molar-refractivity contribution in [1.82, 2.24) is 0 Å². The Bertz CT molecular complexity index is 1780. The average Bonchev–Trinajstić information content (AvgIpc) is 3.23. The highest BCUT2D eigenvalue weighted by Gasteiger charge is 2.38. The van der Waals surface area contributed by atoms with Gasteiger partial charge in [-0.2, -0.15) is 0 Å². The summed E-state index contributed by atoms with van der Waals surface area (Å²) >= 11 is 3.72. The number of hydrogen-bond donors (Lipinski definition) is 1. The largest absolute Gasteiger partial charge is 0.495 e. The Morgan fingerprint density at radius 2 is 1.36 bits per heavy atom. The van der Waals surface area contributed by atoms with Gasteiger partial charge in [0.05, 0.1) is 35.8 Å². The maximum Gasteiger partial charge on any atom is 0.141 e. The lowest BCUT2D eigenvalue weighted by Crippen LogP contribution is -2.39. The molecule has 7 heteroatoms. The number of nitrogens with zero attached hydrogens (tertiary/aromatic N) is 3. The first-order valence-electron chi connectivity index (χ1n) is 14.7. The Labute approximate surface area is 268 Å². The molecule has 0 bridgehead atoms. The summed E-state index contributed by atoms with van der Waals surface area (Å²) in [5.74, 6) is 1.84. The SMILES string of the molecule is COc1ccccc1NCC1C(N2c3ccccc3Sc3ccccc32)=Nc2ccccc2SC1c1ccc(N(C)C)cc1. The lowest BCUT2D eigenvalue weighted by Gasteiger charge is -2.38. The minimum absolute atomic E-state index is 0.00766. The zero-order chi connectivity index (χ0) is 30.0. The number of ether oxygens (including phenoxy) is 1. The van der Waals surface area contributed by atoms with Crippen LogP contribution in [0, 0.1) is 5.92 Å². The molecule has 44 heavy (non-hydrogen) atoms. The highest BCUT2D eigenvalue weighted by Crippen LogP contribution is 2.53. The molecular weight excluding hydrogens is 581 g/mol. The summed E-state index contributed by atoms with van der Waals surface area (Å²) in [4.78, 5) is 13.7. The van der Waals surface area contributed by atoms with Crippen LogP contribution >= 0.6 is 23.5 Å². The van der Waals surface area contributed by atoms with Crippen LogP contribution < -0.4 is 19.9 Å². The molecule has 220 valence electrons. The van der Waals surface area contributed by atoms with E-state index in [9.17, 15) is 0 Å². The molecule has 5 nitrogen and oxygen atoms in total. The molecule has 0 spiro atoms. The Balaban J connectivity index is 1.42. The summed E-state index contributed by atoms with van der Waals surface area (Å²) in [6.45, 7) is 0.661. The molecule has 2 aliphatic rings. The number of thioether (sulfide) groups is 1. The van der Waals surface area contributed by atoms with E-state index < -0.39 is 0 Å². The first-order chi connectivity index (χ1) is 21.6. The number of nitrogens with one attached hydrogen (secondary N) is 1. The van der Waals surface area contributed by atoms with E-state index in [1.807, 2.05) is 41.7 Å². The topological polar surface area (TPSA) is 40.1 Å². The minimum atomic E-state index is -0.00766.